The molecular formula is C20H24FN3O3. The number of amides is 1. The van der Waals surface area contributed by atoms with Crippen LogP contribution in [0.1, 0.15) is 39.3 Å². The van der Waals surface area contributed by atoms with E-state index in [2.05, 4.69) is 10.4 Å². The molecule has 0 saturated carbocycles. The third kappa shape index (κ3) is 4.35. The SMILES string of the molecule is CC(C)(C)CC(=O)Nc1nn2c(c1-c1ccc(F)cc1)CC(C(=O)O)CC2. The number of hydrogen-bond donors (Lipinski definition) is 2. The number of fused-ring (bicyclic) bond motifs is 1. The Labute approximate surface area is 157 Å². The van der Waals surface area contributed by atoms with Crippen molar-refractivity contribution >= 4 is 17.7 Å². The molecule has 6 nitrogen and oxygen atoms in total. The molecule has 1 amide bonds. The lowest BCUT2D eigenvalue weighted by atomic mass is 9.91. The average molecular weight is 373 g/mol. The van der Waals surface area contributed by atoms with E-state index in [1.165, 1.54) is 12.1 Å². The van der Waals surface area contributed by atoms with Crippen LogP contribution in [-0.4, -0.2) is 26.8 Å². The molecule has 144 valence electrons. The van der Waals surface area contributed by atoms with Gasteiger partial charge in [-0.05, 0) is 29.5 Å². The van der Waals surface area contributed by atoms with Crippen LogP contribution in [0.15, 0.2) is 24.3 Å². The first-order valence-corrected chi connectivity index (χ1v) is 9.02. The number of carboxylic acid groups (broad SMARTS) is 1. The highest BCUT2D eigenvalue weighted by molar-refractivity contribution is 5.95. The van der Waals surface area contributed by atoms with Crippen LogP contribution in [0.5, 0.6) is 0 Å². The van der Waals surface area contributed by atoms with Crippen molar-refractivity contribution in [2.75, 3.05) is 5.32 Å². The number of aryl methyl sites for hydroxylation is 1. The van der Waals surface area contributed by atoms with Crippen molar-refractivity contribution in [3.63, 3.8) is 0 Å². The minimum atomic E-state index is -0.842. The van der Waals surface area contributed by atoms with Gasteiger partial charge in [0.2, 0.25) is 5.91 Å². The van der Waals surface area contributed by atoms with Crippen LogP contribution in [0.3, 0.4) is 0 Å². The van der Waals surface area contributed by atoms with Crippen LogP contribution >= 0.6 is 0 Å². The summed E-state index contributed by atoms with van der Waals surface area (Å²) in [4.78, 5) is 23.9. The lowest BCUT2D eigenvalue weighted by Gasteiger charge is -2.20. The minimum Gasteiger partial charge on any atom is -0.481 e. The summed E-state index contributed by atoms with van der Waals surface area (Å²) in [6, 6.07) is 5.93. The molecule has 7 heteroatoms. The third-order valence-corrected chi connectivity index (χ3v) is 4.62. The summed E-state index contributed by atoms with van der Waals surface area (Å²) < 4.78 is 15.1. The van der Waals surface area contributed by atoms with E-state index in [-0.39, 0.29) is 17.1 Å². The monoisotopic (exact) mass is 373 g/mol. The molecule has 0 fully saturated rings. The smallest absolute Gasteiger partial charge is 0.306 e. The number of hydrogen-bond acceptors (Lipinski definition) is 3. The van der Waals surface area contributed by atoms with Crippen LogP contribution in [0, 0.1) is 17.2 Å². The molecule has 3 rings (SSSR count). The van der Waals surface area contributed by atoms with Gasteiger partial charge < -0.3 is 10.4 Å². The zero-order valence-electron chi connectivity index (χ0n) is 15.8. The van der Waals surface area contributed by atoms with Gasteiger partial charge in [-0.1, -0.05) is 32.9 Å². The van der Waals surface area contributed by atoms with Crippen molar-refractivity contribution in [3.05, 3.63) is 35.8 Å². The van der Waals surface area contributed by atoms with Crippen molar-refractivity contribution in [2.24, 2.45) is 11.3 Å². The Morgan fingerprint density at radius 3 is 2.56 bits per heavy atom. The predicted octanol–water partition coefficient (Wildman–Crippen LogP) is 3.71. The van der Waals surface area contributed by atoms with Gasteiger partial charge >= 0.3 is 5.97 Å². The molecule has 27 heavy (non-hydrogen) atoms. The second kappa shape index (κ2) is 7.13. The van der Waals surface area contributed by atoms with Gasteiger partial charge in [0.05, 0.1) is 5.92 Å². The summed E-state index contributed by atoms with van der Waals surface area (Å²) in [5.74, 6) is -1.45. The Kier molecular flexibility index (Phi) is 5.04. The molecule has 0 spiro atoms. The Hall–Kier alpha value is -2.70. The van der Waals surface area contributed by atoms with Crippen LogP contribution in [0.25, 0.3) is 11.1 Å². The van der Waals surface area contributed by atoms with E-state index in [9.17, 15) is 19.1 Å². The van der Waals surface area contributed by atoms with E-state index in [1.54, 1.807) is 16.8 Å². The number of aromatic nitrogens is 2. The fraction of sp³-hybridized carbons (Fsp3) is 0.450. The lowest BCUT2D eigenvalue weighted by Crippen LogP contribution is -2.26. The summed E-state index contributed by atoms with van der Waals surface area (Å²) in [6.07, 6.45) is 1.14. The van der Waals surface area contributed by atoms with Crippen molar-refractivity contribution in [1.29, 1.82) is 0 Å². The van der Waals surface area contributed by atoms with Gasteiger partial charge in [0, 0.05) is 30.6 Å². The predicted molar refractivity (Wildman–Crippen MR) is 99.8 cm³/mol. The van der Waals surface area contributed by atoms with Crippen LogP contribution in [-0.2, 0) is 22.6 Å². The zero-order valence-corrected chi connectivity index (χ0v) is 15.8. The van der Waals surface area contributed by atoms with Gasteiger partial charge in [0.15, 0.2) is 5.82 Å². The van der Waals surface area contributed by atoms with Crippen LogP contribution in [0.2, 0.25) is 0 Å². The molecule has 2 heterocycles. The normalized spacial score (nSPS) is 16.7. The molecule has 1 aromatic heterocycles. The second-order valence-corrected chi connectivity index (χ2v) is 8.21. The largest absolute Gasteiger partial charge is 0.481 e. The molecule has 1 atom stereocenters. The molecule has 0 bridgehead atoms. The number of carbonyl (C=O) groups is 2. The van der Waals surface area contributed by atoms with Crippen molar-refractivity contribution in [3.8, 4) is 11.1 Å². The first kappa shape index (κ1) is 19.1. The first-order valence-electron chi connectivity index (χ1n) is 9.02. The summed E-state index contributed by atoms with van der Waals surface area (Å²) in [5.41, 5.74) is 1.96. The van der Waals surface area contributed by atoms with E-state index in [1.807, 2.05) is 20.8 Å². The van der Waals surface area contributed by atoms with Gasteiger partial charge in [-0.15, -0.1) is 0 Å². The molecular weight excluding hydrogens is 349 g/mol. The molecule has 0 aliphatic carbocycles. The first-order chi connectivity index (χ1) is 12.6. The van der Waals surface area contributed by atoms with Gasteiger partial charge in [-0.25, -0.2) is 4.39 Å². The van der Waals surface area contributed by atoms with E-state index in [4.69, 9.17) is 0 Å². The fourth-order valence-electron chi connectivity index (χ4n) is 3.38. The maximum Gasteiger partial charge on any atom is 0.306 e. The van der Waals surface area contributed by atoms with E-state index < -0.39 is 11.9 Å². The minimum absolute atomic E-state index is 0.156. The fourth-order valence-corrected chi connectivity index (χ4v) is 3.38. The molecule has 1 aromatic carbocycles. The summed E-state index contributed by atoms with van der Waals surface area (Å²) >= 11 is 0. The Morgan fingerprint density at radius 1 is 1.30 bits per heavy atom. The van der Waals surface area contributed by atoms with E-state index in [0.29, 0.717) is 42.8 Å². The summed E-state index contributed by atoms with van der Waals surface area (Å²) in [6.45, 7) is 6.39. The van der Waals surface area contributed by atoms with Crippen LogP contribution < -0.4 is 5.32 Å². The molecule has 2 N–H and O–H groups in total. The maximum atomic E-state index is 13.4. The quantitative estimate of drug-likeness (QED) is 0.856. The number of carboxylic acids is 1. The highest BCUT2D eigenvalue weighted by atomic mass is 19.1. The summed E-state index contributed by atoms with van der Waals surface area (Å²) in [5, 5.41) is 16.8. The molecule has 1 unspecified atom stereocenters. The zero-order chi connectivity index (χ0) is 19.8. The van der Waals surface area contributed by atoms with Crippen molar-refractivity contribution < 1.29 is 19.1 Å². The lowest BCUT2D eigenvalue weighted by molar-refractivity contribution is -0.142. The van der Waals surface area contributed by atoms with Gasteiger partial charge in [0.1, 0.15) is 5.82 Å². The number of benzene rings is 1. The Morgan fingerprint density at radius 2 is 1.96 bits per heavy atom. The topological polar surface area (TPSA) is 84.2 Å². The second-order valence-electron chi connectivity index (χ2n) is 8.21. The number of nitrogens with one attached hydrogen (secondary N) is 1. The molecule has 1 aliphatic rings. The van der Waals surface area contributed by atoms with Crippen molar-refractivity contribution in [2.45, 2.75) is 46.6 Å². The molecule has 2 aromatic rings. The highest BCUT2D eigenvalue weighted by Gasteiger charge is 2.30. The third-order valence-electron chi connectivity index (χ3n) is 4.62. The number of anilines is 1. The number of nitrogens with zero attached hydrogens (tertiary/aromatic N) is 2. The van der Waals surface area contributed by atoms with E-state index in [0.717, 1.165) is 5.69 Å². The number of rotatable bonds is 4. The van der Waals surface area contributed by atoms with Crippen molar-refractivity contribution in [1.82, 2.24) is 9.78 Å². The summed E-state index contributed by atoms with van der Waals surface area (Å²) in [7, 11) is 0. The highest BCUT2D eigenvalue weighted by Crippen LogP contribution is 2.36. The molecule has 0 radical (unpaired) electrons. The Bertz CT molecular complexity index is 866. The van der Waals surface area contributed by atoms with E-state index >= 15 is 0 Å². The van der Waals surface area contributed by atoms with Gasteiger partial charge in [0.25, 0.3) is 0 Å². The number of halogens is 1. The maximum absolute atomic E-state index is 13.4. The van der Waals surface area contributed by atoms with Crippen LogP contribution in [0.4, 0.5) is 10.2 Å². The Balaban J connectivity index is 2.01. The van der Waals surface area contributed by atoms with Gasteiger partial charge in [-0.2, -0.15) is 5.10 Å². The average Bonchev–Trinajstić information content (AvgIpc) is 2.90. The van der Waals surface area contributed by atoms with Gasteiger partial charge in [-0.3, -0.25) is 14.3 Å². The number of aliphatic carboxylic acids is 1. The molecule has 1 aliphatic heterocycles. The number of carbonyl (C=O) groups excluding carboxylic acids is 1. The standard InChI is InChI=1S/C20H24FN3O3/c1-20(2,3)11-16(25)22-18-17(12-4-6-14(21)7-5-12)15-10-13(19(26)27)8-9-24(15)23-18/h4-7,13H,8-11H2,1-3H3,(H,26,27)(H,22,23,25). The molecule has 0 saturated heterocycles.